The molecule has 7 heteroatoms. The number of rotatable bonds is 5. The molecular weight excluding hydrogens is 380 g/mol. The first-order chi connectivity index (χ1) is 13.6. The molecule has 2 amide bonds. The van der Waals surface area contributed by atoms with Crippen molar-refractivity contribution in [3.63, 3.8) is 0 Å². The zero-order chi connectivity index (χ0) is 19.7. The number of benzene rings is 2. The van der Waals surface area contributed by atoms with Gasteiger partial charge in [-0.15, -0.1) is 0 Å². The molecule has 2 aromatic carbocycles. The van der Waals surface area contributed by atoms with E-state index in [4.69, 9.17) is 16.3 Å². The second-order valence-electron chi connectivity index (χ2n) is 6.32. The minimum Gasteiger partial charge on any atom is -0.461 e. The molecule has 3 aromatic rings. The standard InChI is InChI=1S/C21H15ClN2O4/c22-18-14-7-2-1-6-13(14)12-17(23-18)21(27)28-11-5-10-24-19(25)15-8-3-4-9-16(15)20(24)26/h1-4,6-9,12H,5,10-11H2. The molecule has 28 heavy (non-hydrogen) atoms. The minimum absolute atomic E-state index is 0.0539. The quantitative estimate of drug-likeness (QED) is 0.285. The Hall–Kier alpha value is -3.25. The fourth-order valence-corrected chi connectivity index (χ4v) is 3.43. The summed E-state index contributed by atoms with van der Waals surface area (Å²) >= 11 is 6.13. The van der Waals surface area contributed by atoms with Gasteiger partial charge in [0.25, 0.3) is 11.8 Å². The van der Waals surface area contributed by atoms with Gasteiger partial charge in [0.05, 0.1) is 17.7 Å². The van der Waals surface area contributed by atoms with Crippen LogP contribution in [0, 0.1) is 0 Å². The number of amides is 2. The monoisotopic (exact) mass is 394 g/mol. The van der Waals surface area contributed by atoms with Crippen molar-refractivity contribution in [3.05, 3.63) is 76.6 Å². The Morgan fingerprint density at radius 2 is 1.64 bits per heavy atom. The summed E-state index contributed by atoms with van der Waals surface area (Å²) in [5.41, 5.74) is 0.920. The van der Waals surface area contributed by atoms with Crippen LogP contribution in [-0.2, 0) is 4.74 Å². The highest BCUT2D eigenvalue weighted by Gasteiger charge is 2.34. The van der Waals surface area contributed by atoms with Gasteiger partial charge in [0.2, 0.25) is 0 Å². The third-order valence-corrected chi connectivity index (χ3v) is 4.83. The van der Waals surface area contributed by atoms with Crippen LogP contribution in [0.2, 0.25) is 5.15 Å². The van der Waals surface area contributed by atoms with Crippen LogP contribution in [0.25, 0.3) is 10.8 Å². The molecule has 1 aliphatic rings. The van der Waals surface area contributed by atoms with Gasteiger partial charge in [-0.2, -0.15) is 0 Å². The molecule has 6 nitrogen and oxygen atoms in total. The number of hydrogen-bond acceptors (Lipinski definition) is 5. The molecule has 0 fully saturated rings. The van der Waals surface area contributed by atoms with Gasteiger partial charge in [-0.3, -0.25) is 14.5 Å². The van der Waals surface area contributed by atoms with Gasteiger partial charge in [-0.25, -0.2) is 9.78 Å². The summed E-state index contributed by atoms with van der Waals surface area (Å²) in [5.74, 6) is -1.25. The van der Waals surface area contributed by atoms with E-state index < -0.39 is 5.97 Å². The fraction of sp³-hybridized carbons (Fsp3) is 0.143. The molecule has 1 aliphatic heterocycles. The number of halogens is 1. The first-order valence-corrected chi connectivity index (χ1v) is 9.11. The normalized spacial score (nSPS) is 13.1. The number of hydrogen-bond donors (Lipinski definition) is 0. The van der Waals surface area contributed by atoms with Crippen molar-refractivity contribution in [3.8, 4) is 0 Å². The Morgan fingerprint density at radius 1 is 1.00 bits per heavy atom. The molecule has 0 N–H and O–H groups in total. The Morgan fingerprint density at radius 3 is 2.36 bits per heavy atom. The number of imide groups is 1. The summed E-state index contributed by atoms with van der Waals surface area (Å²) < 4.78 is 5.23. The van der Waals surface area contributed by atoms with Crippen molar-refractivity contribution in [1.29, 1.82) is 0 Å². The van der Waals surface area contributed by atoms with Crippen LogP contribution >= 0.6 is 11.6 Å². The lowest BCUT2D eigenvalue weighted by Crippen LogP contribution is -2.31. The summed E-state index contributed by atoms with van der Waals surface area (Å²) in [4.78, 5) is 42.1. The average Bonchev–Trinajstić information content (AvgIpc) is 2.96. The summed E-state index contributed by atoms with van der Waals surface area (Å²) in [6.07, 6.45) is 0.332. The van der Waals surface area contributed by atoms with Gasteiger partial charge in [0.1, 0.15) is 5.15 Å². The molecule has 0 bridgehead atoms. The maximum atomic E-state index is 12.3. The number of pyridine rings is 1. The van der Waals surface area contributed by atoms with E-state index in [9.17, 15) is 14.4 Å². The highest BCUT2D eigenvalue weighted by Crippen LogP contribution is 2.23. The van der Waals surface area contributed by atoms with Crippen molar-refractivity contribution in [1.82, 2.24) is 9.88 Å². The SMILES string of the molecule is O=C(OCCCN1C(=O)c2ccccc2C1=O)c1cc2ccccc2c(Cl)n1. The van der Waals surface area contributed by atoms with E-state index in [1.807, 2.05) is 24.3 Å². The highest BCUT2D eigenvalue weighted by atomic mass is 35.5. The Labute approximate surface area is 165 Å². The lowest BCUT2D eigenvalue weighted by molar-refractivity contribution is 0.0476. The van der Waals surface area contributed by atoms with Crippen molar-refractivity contribution in [2.24, 2.45) is 0 Å². The molecule has 0 radical (unpaired) electrons. The summed E-state index contributed by atoms with van der Waals surface area (Å²) in [6, 6.07) is 15.7. The molecule has 0 spiro atoms. The highest BCUT2D eigenvalue weighted by molar-refractivity contribution is 6.34. The van der Waals surface area contributed by atoms with Crippen LogP contribution in [0.4, 0.5) is 0 Å². The molecule has 2 heterocycles. The van der Waals surface area contributed by atoms with Gasteiger partial charge in [0.15, 0.2) is 5.69 Å². The summed E-state index contributed by atoms with van der Waals surface area (Å²) in [6.45, 7) is 0.226. The van der Waals surface area contributed by atoms with Crippen LogP contribution in [0.3, 0.4) is 0 Å². The molecule has 4 rings (SSSR count). The first-order valence-electron chi connectivity index (χ1n) is 8.74. The molecule has 0 aliphatic carbocycles. The number of carbonyl (C=O) groups is 3. The lowest BCUT2D eigenvalue weighted by Gasteiger charge is -2.13. The summed E-state index contributed by atoms with van der Waals surface area (Å²) in [7, 11) is 0. The first kappa shape index (κ1) is 18.1. The zero-order valence-electron chi connectivity index (χ0n) is 14.7. The van der Waals surface area contributed by atoms with Gasteiger partial charge >= 0.3 is 5.97 Å². The van der Waals surface area contributed by atoms with Gasteiger partial charge in [0, 0.05) is 11.9 Å². The molecule has 0 atom stereocenters. The maximum absolute atomic E-state index is 12.3. The van der Waals surface area contributed by atoms with E-state index in [0.29, 0.717) is 17.5 Å². The lowest BCUT2D eigenvalue weighted by atomic mass is 10.1. The molecular formula is C21H15ClN2O4. The fourth-order valence-electron chi connectivity index (χ4n) is 3.16. The number of nitrogens with zero attached hydrogens (tertiary/aromatic N) is 2. The maximum Gasteiger partial charge on any atom is 0.357 e. The van der Waals surface area contributed by atoms with Crippen LogP contribution in [0.15, 0.2) is 54.6 Å². The molecule has 1 aromatic heterocycles. The van der Waals surface area contributed by atoms with Crippen LogP contribution < -0.4 is 0 Å². The van der Waals surface area contributed by atoms with E-state index >= 15 is 0 Å². The third kappa shape index (κ3) is 3.23. The van der Waals surface area contributed by atoms with Gasteiger partial charge in [-0.1, -0.05) is 48.0 Å². The number of aromatic nitrogens is 1. The van der Waals surface area contributed by atoms with Crippen molar-refractivity contribution in [2.45, 2.75) is 6.42 Å². The van der Waals surface area contributed by atoms with Crippen LogP contribution in [0.1, 0.15) is 37.6 Å². The van der Waals surface area contributed by atoms with E-state index in [2.05, 4.69) is 4.98 Å². The van der Waals surface area contributed by atoms with E-state index in [1.54, 1.807) is 30.3 Å². The molecule has 0 saturated heterocycles. The smallest absolute Gasteiger partial charge is 0.357 e. The van der Waals surface area contributed by atoms with Crippen LogP contribution in [-0.4, -0.2) is 40.8 Å². The largest absolute Gasteiger partial charge is 0.461 e. The van der Waals surface area contributed by atoms with E-state index in [0.717, 1.165) is 10.8 Å². The number of ether oxygens (including phenoxy) is 1. The number of fused-ring (bicyclic) bond motifs is 2. The van der Waals surface area contributed by atoms with E-state index in [1.165, 1.54) is 4.90 Å². The molecule has 0 saturated carbocycles. The van der Waals surface area contributed by atoms with E-state index in [-0.39, 0.29) is 35.8 Å². The summed E-state index contributed by atoms with van der Waals surface area (Å²) in [5, 5.41) is 1.78. The number of esters is 1. The second kappa shape index (κ2) is 7.40. The molecule has 0 unspecified atom stereocenters. The zero-order valence-corrected chi connectivity index (χ0v) is 15.5. The van der Waals surface area contributed by atoms with Crippen molar-refractivity contribution in [2.75, 3.05) is 13.2 Å². The minimum atomic E-state index is -0.602. The topological polar surface area (TPSA) is 76.6 Å². The number of carbonyl (C=O) groups excluding carboxylic acids is 3. The van der Waals surface area contributed by atoms with Gasteiger partial charge in [-0.05, 0) is 30.0 Å². The van der Waals surface area contributed by atoms with Crippen molar-refractivity contribution < 1.29 is 19.1 Å². The second-order valence-corrected chi connectivity index (χ2v) is 6.67. The third-order valence-electron chi connectivity index (χ3n) is 4.54. The predicted molar refractivity (Wildman–Crippen MR) is 103 cm³/mol. The average molecular weight is 395 g/mol. The predicted octanol–water partition coefficient (Wildman–Crippen LogP) is 3.73. The van der Waals surface area contributed by atoms with Gasteiger partial charge < -0.3 is 4.74 Å². The van der Waals surface area contributed by atoms with Crippen LogP contribution in [0.5, 0.6) is 0 Å². The Kier molecular flexibility index (Phi) is 4.79. The Balaban J connectivity index is 1.36. The Bertz CT molecular complexity index is 1080. The molecule has 140 valence electrons. The van der Waals surface area contributed by atoms with Crippen molar-refractivity contribution >= 4 is 40.2 Å².